The van der Waals surface area contributed by atoms with Gasteiger partial charge in [0.05, 0.1) is 27.0 Å². The highest BCUT2D eigenvalue weighted by atomic mass is 32.2. The Labute approximate surface area is 237 Å². The van der Waals surface area contributed by atoms with Crippen LogP contribution in [0.3, 0.4) is 0 Å². The molecule has 0 aliphatic rings. The molecule has 0 saturated carbocycles. The number of fused-ring (bicyclic) bond motifs is 2. The summed E-state index contributed by atoms with van der Waals surface area (Å²) in [6.45, 7) is 3.37. The highest BCUT2D eigenvalue weighted by Gasteiger charge is 2.19. The average molecular weight is 595 g/mol. The molecule has 10 nitrogen and oxygen atoms in total. The lowest BCUT2D eigenvalue weighted by molar-refractivity contribution is -0.145. The van der Waals surface area contributed by atoms with E-state index in [1.165, 1.54) is 29.0 Å². The molecule has 0 unspecified atom stereocenters. The third-order valence-corrected chi connectivity index (χ3v) is 8.75. The molecule has 5 rings (SSSR count). The van der Waals surface area contributed by atoms with Gasteiger partial charge in [-0.05, 0) is 67.9 Å². The fraction of sp³-hybridized carbons (Fsp3) is 0.185. The van der Waals surface area contributed by atoms with Crippen molar-refractivity contribution in [2.45, 2.75) is 25.2 Å². The van der Waals surface area contributed by atoms with Crippen LogP contribution in [0.1, 0.15) is 18.9 Å². The predicted octanol–water partition coefficient (Wildman–Crippen LogP) is 6.40. The van der Waals surface area contributed by atoms with Gasteiger partial charge in [-0.2, -0.15) is 18.6 Å². The van der Waals surface area contributed by atoms with Crippen LogP contribution in [0.25, 0.3) is 41.6 Å². The van der Waals surface area contributed by atoms with Crippen LogP contribution in [-0.4, -0.2) is 47.8 Å². The van der Waals surface area contributed by atoms with Crippen molar-refractivity contribution in [1.29, 1.82) is 0 Å². The van der Waals surface area contributed by atoms with E-state index in [1.54, 1.807) is 24.3 Å². The Balaban J connectivity index is 1.42. The molecule has 0 aliphatic carbocycles. The van der Waals surface area contributed by atoms with Gasteiger partial charge in [-0.15, -0.1) is 22.7 Å². The lowest BCUT2D eigenvalue weighted by Crippen LogP contribution is -2.12. The van der Waals surface area contributed by atoms with Crippen molar-refractivity contribution >= 4 is 70.7 Å². The minimum Gasteiger partial charge on any atom is -0.466 e. The Morgan fingerprint density at radius 1 is 0.925 bits per heavy atom. The van der Waals surface area contributed by atoms with Gasteiger partial charge in [0.15, 0.2) is 5.78 Å². The number of nitrogens with zero attached hydrogens (tertiary/aromatic N) is 4. The molecule has 40 heavy (non-hydrogen) atoms. The molecule has 1 N–H and O–H groups in total. The van der Waals surface area contributed by atoms with Crippen LogP contribution in [0.2, 0.25) is 0 Å². The second-order valence-electron chi connectivity index (χ2n) is 8.77. The SMILES string of the molecule is CCOC(=O)CC(=O)CN=Nc1ccc(-c2nc3ccc(-c4nc5ccc(C)cc5s4)cc3s2)cc1S(=O)(=O)O. The Morgan fingerprint density at radius 3 is 2.23 bits per heavy atom. The number of ketones is 1. The highest BCUT2D eigenvalue weighted by Crippen LogP contribution is 2.37. The lowest BCUT2D eigenvalue weighted by Gasteiger charge is -2.04. The normalized spacial score (nSPS) is 12.0. The third kappa shape index (κ3) is 6.12. The number of Topliss-reactive ketones (excluding diaryl/α,β-unsaturated/α-hetero) is 1. The van der Waals surface area contributed by atoms with Crippen molar-refractivity contribution in [1.82, 2.24) is 9.97 Å². The molecular weight excluding hydrogens is 573 g/mol. The van der Waals surface area contributed by atoms with Gasteiger partial charge in [-0.1, -0.05) is 6.07 Å². The number of rotatable bonds is 9. The molecular formula is C27H22N4O6S3. The highest BCUT2D eigenvalue weighted by molar-refractivity contribution is 7.86. The molecule has 5 aromatic rings. The summed E-state index contributed by atoms with van der Waals surface area (Å²) >= 11 is 2.98. The van der Waals surface area contributed by atoms with E-state index in [1.807, 2.05) is 37.3 Å². The summed E-state index contributed by atoms with van der Waals surface area (Å²) in [5, 5.41) is 8.94. The zero-order valence-corrected chi connectivity index (χ0v) is 23.8. The first kappa shape index (κ1) is 27.6. The molecule has 2 heterocycles. The summed E-state index contributed by atoms with van der Waals surface area (Å²) in [5.74, 6) is -1.22. The van der Waals surface area contributed by atoms with Crippen LogP contribution in [0.4, 0.5) is 5.69 Å². The molecule has 2 aromatic heterocycles. The van der Waals surface area contributed by atoms with E-state index in [2.05, 4.69) is 21.3 Å². The molecule has 204 valence electrons. The fourth-order valence-corrected chi connectivity index (χ4v) is 6.60. The number of ether oxygens (including phenoxy) is 1. The number of aryl methyl sites for hydroxylation is 1. The molecule has 0 atom stereocenters. The summed E-state index contributed by atoms with van der Waals surface area (Å²) < 4.78 is 40.8. The second-order valence-corrected chi connectivity index (χ2v) is 12.2. The van der Waals surface area contributed by atoms with Crippen molar-refractivity contribution in [2.24, 2.45) is 10.2 Å². The summed E-state index contributed by atoms with van der Waals surface area (Å²) in [5.41, 5.74) is 4.11. The Bertz CT molecular complexity index is 1910. The van der Waals surface area contributed by atoms with Gasteiger partial charge in [0.2, 0.25) is 0 Å². The third-order valence-electron chi connectivity index (χ3n) is 5.74. The van der Waals surface area contributed by atoms with Gasteiger partial charge < -0.3 is 4.74 Å². The first-order valence-electron chi connectivity index (χ1n) is 12.1. The Kier molecular flexibility index (Phi) is 7.81. The zero-order chi connectivity index (χ0) is 28.4. The van der Waals surface area contributed by atoms with Gasteiger partial charge in [0.25, 0.3) is 10.1 Å². The van der Waals surface area contributed by atoms with E-state index >= 15 is 0 Å². The average Bonchev–Trinajstić information content (AvgIpc) is 3.51. The first-order valence-corrected chi connectivity index (χ1v) is 15.1. The molecule has 0 bridgehead atoms. The van der Waals surface area contributed by atoms with Crippen molar-refractivity contribution in [3.05, 3.63) is 60.2 Å². The Hall–Kier alpha value is -3.91. The standard InChI is InChI=1S/C27H22N4O6S3/c1-3-37-25(33)13-18(32)14-28-31-21-9-6-17(12-24(21)40(34,35)36)27-30-20-8-5-16(11-23(20)39-27)26-29-19-7-4-15(2)10-22(19)38-26/h4-12H,3,13-14H2,1-2H3,(H,34,35,36). The number of aromatic nitrogens is 2. The number of carbonyl (C=O) groups excluding carboxylic acids is 2. The molecule has 3 aromatic carbocycles. The maximum Gasteiger partial charge on any atom is 0.313 e. The lowest BCUT2D eigenvalue weighted by atomic mass is 10.2. The second kappa shape index (κ2) is 11.3. The number of carbonyl (C=O) groups is 2. The smallest absolute Gasteiger partial charge is 0.313 e. The molecule has 13 heteroatoms. The van der Waals surface area contributed by atoms with E-state index in [0.29, 0.717) is 10.6 Å². The van der Waals surface area contributed by atoms with Crippen LogP contribution >= 0.6 is 22.7 Å². The number of thiazole rings is 2. The summed E-state index contributed by atoms with van der Waals surface area (Å²) in [6, 6.07) is 16.2. The van der Waals surface area contributed by atoms with Gasteiger partial charge in [-0.25, -0.2) is 9.97 Å². The van der Waals surface area contributed by atoms with Gasteiger partial charge in [0, 0.05) is 11.1 Å². The van der Waals surface area contributed by atoms with Crippen molar-refractivity contribution in [2.75, 3.05) is 13.2 Å². The van der Waals surface area contributed by atoms with E-state index in [0.717, 1.165) is 31.0 Å². The maximum atomic E-state index is 12.1. The number of azo groups is 1. The van der Waals surface area contributed by atoms with E-state index in [4.69, 9.17) is 9.72 Å². The number of esters is 1. The largest absolute Gasteiger partial charge is 0.466 e. The minimum absolute atomic E-state index is 0.148. The predicted molar refractivity (Wildman–Crippen MR) is 154 cm³/mol. The molecule has 0 radical (unpaired) electrons. The van der Waals surface area contributed by atoms with Crippen LogP contribution in [-0.2, 0) is 24.4 Å². The van der Waals surface area contributed by atoms with Crippen LogP contribution in [0.5, 0.6) is 0 Å². The van der Waals surface area contributed by atoms with E-state index in [9.17, 15) is 22.6 Å². The first-order chi connectivity index (χ1) is 19.1. The fourth-order valence-electron chi connectivity index (χ4n) is 3.89. The Morgan fingerprint density at radius 2 is 1.55 bits per heavy atom. The van der Waals surface area contributed by atoms with Gasteiger partial charge >= 0.3 is 5.97 Å². The zero-order valence-electron chi connectivity index (χ0n) is 21.3. The van der Waals surface area contributed by atoms with E-state index < -0.39 is 39.7 Å². The van der Waals surface area contributed by atoms with Crippen LogP contribution in [0, 0.1) is 6.92 Å². The number of hydrogen-bond acceptors (Lipinski definition) is 11. The quantitative estimate of drug-likeness (QED) is 0.0892. The van der Waals surface area contributed by atoms with Crippen molar-refractivity contribution < 1.29 is 27.3 Å². The maximum absolute atomic E-state index is 12.1. The van der Waals surface area contributed by atoms with Crippen molar-refractivity contribution in [3.8, 4) is 21.1 Å². The molecule has 0 amide bonds. The summed E-state index contributed by atoms with van der Waals surface area (Å²) in [7, 11) is -4.67. The van der Waals surface area contributed by atoms with Crippen molar-refractivity contribution in [3.63, 3.8) is 0 Å². The topological polar surface area (TPSA) is 148 Å². The number of benzene rings is 3. The van der Waals surface area contributed by atoms with E-state index in [-0.39, 0.29) is 12.3 Å². The molecule has 0 spiro atoms. The number of hydrogen-bond donors (Lipinski definition) is 1. The molecule has 0 fully saturated rings. The van der Waals surface area contributed by atoms with Crippen LogP contribution in [0.15, 0.2) is 69.7 Å². The van der Waals surface area contributed by atoms with Gasteiger partial charge in [0.1, 0.15) is 33.6 Å². The van der Waals surface area contributed by atoms with Crippen LogP contribution < -0.4 is 0 Å². The molecule has 0 saturated heterocycles. The van der Waals surface area contributed by atoms with Gasteiger partial charge in [-0.3, -0.25) is 14.1 Å². The minimum atomic E-state index is -4.67. The summed E-state index contributed by atoms with van der Waals surface area (Å²) in [4.78, 5) is 32.2. The molecule has 0 aliphatic heterocycles. The summed E-state index contributed by atoms with van der Waals surface area (Å²) in [6.07, 6.45) is -0.463. The monoisotopic (exact) mass is 594 g/mol.